The van der Waals surface area contributed by atoms with Gasteiger partial charge in [0.05, 0.1) is 31.1 Å². The van der Waals surface area contributed by atoms with Gasteiger partial charge in [-0.15, -0.1) is 68.0 Å². The van der Waals surface area contributed by atoms with E-state index in [0.29, 0.717) is 22.6 Å². The molecule has 0 saturated heterocycles. The standard InChI is InChI=1S/C46H58O4S8/c1-5-7-9-11-13-15-17-19-29-57(47,48)43-31-41(55-45(43)39-27-25-37(53-39)35-23-21-33(3)51-35)42-32-44(58(49,50)30-20-18-16-14-12-10-8-6-2)46(56-42)40-28-26-38(54-40)36-24-22-34(4)52-36/h21-28,31-32H,5-20,29-30H2,1-4H3. The highest BCUT2D eigenvalue weighted by molar-refractivity contribution is 7.92. The molecule has 0 saturated carbocycles. The lowest BCUT2D eigenvalue weighted by Gasteiger charge is -2.05. The SMILES string of the molecule is CCCCCCCCCCS(=O)(=O)c1cc(-c2cc(S(=O)(=O)CCCCCCCCCC)c(-c3ccc(-c4ccc(C)s4)s3)s2)sc1-c1ccc(-c2ccc(C)s2)s1. The van der Waals surface area contributed by atoms with Crippen molar-refractivity contribution in [1.29, 1.82) is 0 Å². The third kappa shape index (κ3) is 12.1. The Hall–Kier alpha value is -1.90. The Morgan fingerprint density at radius 3 is 1.02 bits per heavy atom. The van der Waals surface area contributed by atoms with Crippen LogP contribution in [0.15, 0.2) is 70.5 Å². The van der Waals surface area contributed by atoms with Crippen LogP contribution in [0.2, 0.25) is 0 Å². The molecule has 0 bridgehead atoms. The van der Waals surface area contributed by atoms with Crippen molar-refractivity contribution < 1.29 is 16.8 Å². The summed E-state index contributed by atoms with van der Waals surface area (Å²) >= 11 is 9.71. The van der Waals surface area contributed by atoms with Gasteiger partial charge in [0.2, 0.25) is 0 Å². The Labute approximate surface area is 372 Å². The summed E-state index contributed by atoms with van der Waals surface area (Å²) in [5, 5.41) is 0. The number of hydrogen-bond donors (Lipinski definition) is 0. The van der Waals surface area contributed by atoms with E-state index in [2.05, 4.69) is 76.2 Å². The summed E-state index contributed by atoms with van der Waals surface area (Å²) in [7, 11) is -7.21. The highest BCUT2D eigenvalue weighted by atomic mass is 32.2. The number of hydrogen-bond acceptors (Lipinski definition) is 10. The van der Waals surface area contributed by atoms with Crippen LogP contribution >= 0.6 is 68.0 Å². The van der Waals surface area contributed by atoms with Crippen LogP contribution in [0.1, 0.15) is 126 Å². The van der Waals surface area contributed by atoms with Crippen molar-refractivity contribution in [1.82, 2.24) is 0 Å². The van der Waals surface area contributed by atoms with Crippen LogP contribution in [-0.2, 0) is 19.7 Å². The summed E-state index contributed by atoms with van der Waals surface area (Å²) < 4.78 is 57.1. The zero-order valence-corrected chi connectivity index (χ0v) is 40.9. The summed E-state index contributed by atoms with van der Waals surface area (Å²) in [5.41, 5.74) is 0. The molecule has 0 aromatic carbocycles. The van der Waals surface area contributed by atoms with E-state index in [1.807, 2.05) is 12.1 Å². The monoisotopic (exact) mass is 930 g/mol. The van der Waals surface area contributed by atoms with E-state index in [1.165, 1.54) is 93.5 Å². The first-order chi connectivity index (χ1) is 28.0. The molecule has 6 rings (SSSR count). The van der Waals surface area contributed by atoms with Crippen molar-refractivity contribution in [3.63, 3.8) is 0 Å². The average Bonchev–Trinajstić information content (AvgIpc) is 4.04. The van der Waals surface area contributed by atoms with E-state index >= 15 is 0 Å². The topological polar surface area (TPSA) is 68.3 Å². The van der Waals surface area contributed by atoms with Crippen LogP contribution in [0.4, 0.5) is 0 Å². The summed E-state index contributed by atoms with van der Waals surface area (Å²) in [6.45, 7) is 8.64. The highest BCUT2D eigenvalue weighted by Gasteiger charge is 2.29. The molecular weight excluding hydrogens is 873 g/mol. The third-order valence-corrected chi connectivity index (χ3v) is 21.8. The lowest BCUT2D eigenvalue weighted by Crippen LogP contribution is -2.07. The van der Waals surface area contributed by atoms with Gasteiger partial charge in [0, 0.05) is 48.8 Å². The van der Waals surface area contributed by atoms with E-state index in [4.69, 9.17) is 0 Å². The Morgan fingerprint density at radius 1 is 0.362 bits per heavy atom. The maximum atomic E-state index is 14.3. The molecule has 0 aliphatic rings. The molecule has 0 atom stereocenters. The second-order valence-corrected chi connectivity index (χ2v) is 26.3. The Bertz CT molecular complexity index is 2240. The number of rotatable bonds is 25. The zero-order valence-electron chi connectivity index (χ0n) is 34.4. The van der Waals surface area contributed by atoms with Crippen molar-refractivity contribution in [2.45, 2.75) is 140 Å². The summed E-state index contributed by atoms with van der Waals surface area (Å²) in [5.74, 6) is 0.225. The van der Waals surface area contributed by atoms with Gasteiger partial charge in [-0.3, -0.25) is 0 Å². The largest absolute Gasteiger partial charge is 0.224 e. The average molecular weight is 932 g/mol. The molecule has 0 N–H and O–H groups in total. The molecule has 0 amide bonds. The Morgan fingerprint density at radius 2 is 0.672 bits per heavy atom. The van der Waals surface area contributed by atoms with Gasteiger partial charge in [-0.1, -0.05) is 104 Å². The van der Waals surface area contributed by atoms with E-state index in [0.717, 1.165) is 77.5 Å². The summed E-state index contributed by atoms with van der Waals surface area (Å²) in [6.07, 6.45) is 17.4. The van der Waals surface area contributed by atoms with Gasteiger partial charge < -0.3 is 0 Å². The molecule has 6 aromatic heterocycles. The fourth-order valence-corrected chi connectivity index (χ4v) is 17.8. The number of sulfone groups is 2. The maximum absolute atomic E-state index is 14.3. The second kappa shape index (κ2) is 21.8. The minimum Gasteiger partial charge on any atom is -0.224 e. The molecule has 58 heavy (non-hydrogen) atoms. The molecule has 12 heteroatoms. The molecular formula is C46H58O4S8. The third-order valence-electron chi connectivity index (χ3n) is 10.5. The Balaban J connectivity index is 1.33. The van der Waals surface area contributed by atoms with Crippen molar-refractivity contribution in [3.05, 3.63) is 70.4 Å². The van der Waals surface area contributed by atoms with Crippen molar-refractivity contribution in [2.24, 2.45) is 0 Å². The van der Waals surface area contributed by atoms with Gasteiger partial charge in [0.15, 0.2) is 19.7 Å². The quantitative estimate of drug-likeness (QED) is 0.0536. The number of unbranched alkanes of at least 4 members (excludes halogenated alkanes) is 14. The number of thiophene rings is 6. The minimum atomic E-state index is -3.60. The predicted octanol–water partition coefficient (Wildman–Crippen LogP) is 16.8. The van der Waals surface area contributed by atoms with Gasteiger partial charge in [0.25, 0.3) is 0 Å². The molecule has 0 fully saturated rings. The molecule has 314 valence electrons. The fourth-order valence-electron chi connectivity index (χ4n) is 7.19. The Kier molecular flexibility index (Phi) is 17.1. The van der Waals surface area contributed by atoms with E-state index in [-0.39, 0.29) is 11.5 Å². The smallest absolute Gasteiger partial charge is 0.179 e. The second-order valence-electron chi connectivity index (χ2n) is 15.3. The lowest BCUT2D eigenvalue weighted by molar-refractivity contribution is 0.572. The number of aryl methyl sites for hydroxylation is 2. The molecule has 0 radical (unpaired) electrons. The molecule has 0 unspecified atom stereocenters. The van der Waals surface area contributed by atoms with Crippen LogP contribution < -0.4 is 0 Å². The van der Waals surface area contributed by atoms with Gasteiger partial charge in [-0.2, -0.15) is 0 Å². The zero-order chi connectivity index (χ0) is 41.1. The van der Waals surface area contributed by atoms with Gasteiger partial charge in [-0.25, -0.2) is 16.8 Å². The van der Waals surface area contributed by atoms with Gasteiger partial charge in [-0.05, 0) is 87.4 Å². The van der Waals surface area contributed by atoms with Crippen molar-refractivity contribution in [2.75, 3.05) is 11.5 Å². The minimum absolute atomic E-state index is 0.113. The summed E-state index contributed by atoms with van der Waals surface area (Å²) in [4.78, 5) is 12.8. The molecule has 6 aromatic rings. The maximum Gasteiger partial charge on any atom is 0.179 e. The fraction of sp³-hybridized carbons (Fsp3) is 0.478. The van der Waals surface area contributed by atoms with Crippen LogP contribution in [0.25, 0.3) is 48.8 Å². The highest BCUT2D eigenvalue weighted by Crippen LogP contribution is 2.51. The van der Waals surface area contributed by atoms with E-state index in [9.17, 15) is 16.8 Å². The normalized spacial score (nSPS) is 12.3. The molecule has 4 nitrogen and oxygen atoms in total. The van der Waals surface area contributed by atoms with E-state index in [1.54, 1.807) is 45.3 Å². The first kappa shape index (κ1) is 45.6. The first-order valence-electron chi connectivity index (χ1n) is 21.1. The van der Waals surface area contributed by atoms with Crippen molar-refractivity contribution in [3.8, 4) is 48.8 Å². The van der Waals surface area contributed by atoms with Crippen LogP contribution in [0.5, 0.6) is 0 Å². The molecule has 0 aliphatic carbocycles. The van der Waals surface area contributed by atoms with Crippen molar-refractivity contribution >= 4 is 87.7 Å². The van der Waals surface area contributed by atoms with Crippen LogP contribution in [0.3, 0.4) is 0 Å². The molecule has 6 heterocycles. The molecule has 0 aliphatic heterocycles. The molecule has 0 spiro atoms. The van der Waals surface area contributed by atoms with Gasteiger partial charge in [0.1, 0.15) is 0 Å². The summed E-state index contributed by atoms with van der Waals surface area (Å²) in [6, 6.07) is 20.5. The van der Waals surface area contributed by atoms with E-state index < -0.39 is 19.7 Å². The predicted molar refractivity (Wildman–Crippen MR) is 260 cm³/mol. The van der Waals surface area contributed by atoms with Crippen LogP contribution in [0, 0.1) is 13.8 Å². The first-order valence-corrected chi connectivity index (χ1v) is 29.3. The lowest BCUT2D eigenvalue weighted by atomic mass is 10.1. The van der Waals surface area contributed by atoms with Crippen LogP contribution in [-0.4, -0.2) is 28.3 Å². The van der Waals surface area contributed by atoms with Gasteiger partial charge >= 0.3 is 0 Å².